The minimum atomic E-state index is -0.0618. The molecule has 0 saturated heterocycles. The second-order valence-corrected chi connectivity index (χ2v) is 8.46. The van der Waals surface area contributed by atoms with Crippen LogP contribution in [0.5, 0.6) is 0 Å². The van der Waals surface area contributed by atoms with E-state index in [1.165, 1.54) is 12.5 Å². The number of carbonyl (C=O) groups excluding carboxylic acids is 3. The SMILES string of the molecule is CCCC(CC1CC/C(C)=C\C/C(C)=C/C(=O)C1)C(CC)C(=O)CC(C)=O. The van der Waals surface area contributed by atoms with Gasteiger partial charge in [0.25, 0.3) is 0 Å². The van der Waals surface area contributed by atoms with Crippen LogP contribution in [0.3, 0.4) is 0 Å². The fraction of sp³-hybridized carbons (Fsp3) is 0.708. The molecule has 1 aliphatic rings. The van der Waals surface area contributed by atoms with E-state index in [1.54, 1.807) is 6.08 Å². The van der Waals surface area contributed by atoms with E-state index < -0.39 is 0 Å². The number of allylic oxidation sites excluding steroid dienone is 4. The molecule has 1 rings (SSSR count). The Morgan fingerprint density at radius 2 is 1.89 bits per heavy atom. The molecule has 0 radical (unpaired) electrons. The molecule has 152 valence electrons. The predicted molar refractivity (Wildman–Crippen MR) is 112 cm³/mol. The van der Waals surface area contributed by atoms with Gasteiger partial charge in [0.15, 0.2) is 5.78 Å². The van der Waals surface area contributed by atoms with Crippen molar-refractivity contribution in [2.75, 3.05) is 0 Å². The van der Waals surface area contributed by atoms with Crippen molar-refractivity contribution in [3.63, 3.8) is 0 Å². The van der Waals surface area contributed by atoms with Crippen LogP contribution < -0.4 is 0 Å². The predicted octanol–water partition coefficient (Wildman–Crippen LogP) is 6.02. The van der Waals surface area contributed by atoms with E-state index in [0.29, 0.717) is 12.3 Å². The van der Waals surface area contributed by atoms with Gasteiger partial charge in [0.2, 0.25) is 0 Å². The third-order valence-electron chi connectivity index (χ3n) is 5.76. The van der Waals surface area contributed by atoms with E-state index in [9.17, 15) is 14.4 Å². The van der Waals surface area contributed by atoms with Crippen molar-refractivity contribution >= 4 is 17.3 Å². The molecule has 27 heavy (non-hydrogen) atoms. The van der Waals surface area contributed by atoms with E-state index in [-0.39, 0.29) is 35.6 Å². The second-order valence-electron chi connectivity index (χ2n) is 8.46. The Hall–Kier alpha value is -1.51. The van der Waals surface area contributed by atoms with Crippen LogP contribution in [0.2, 0.25) is 0 Å². The summed E-state index contributed by atoms with van der Waals surface area (Å²) in [6.45, 7) is 9.87. The molecule has 0 heterocycles. The molecule has 0 saturated carbocycles. The zero-order valence-electron chi connectivity index (χ0n) is 18.0. The van der Waals surface area contributed by atoms with Crippen LogP contribution in [0, 0.1) is 17.8 Å². The van der Waals surface area contributed by atoms with E-state index in [1.807, 2.05) is 13.8 Å². The standard InChI is InChI=1S/C24H38O3/c1-6-8-21(23(7-2)24(27)14-19(5)25)15-20-12-11-17(3)9-10-18(4)13-22(26)16-20/h9,13,20-21,23H,6-8,10-12,14-16H2,1-5H3/b17-9-,18-13+. The summed E-state index contributed by atoms with van der Waals surface area (Å²) >= 11 is 0. The molecule has 0 aromatic carbocycles. The van der Waals surface area contributed by atoms with Gasteiger partial charge in [0.05, 0.1) is 6.42 Å². The summed E-state index contributed by atoms with van der Waals surface area (Å²) in [4.78, 5) is 36.5. The Balaban J connectivity index is 2.95. The number of ketones is 3. The lowest BCUT2D eigenvalue weighted by atomic mass is 9.75. The van der Waals surface area contributed by atoms with E-state index >= 15 is 0 Å². The van der Waals surface area contributed by atoms with Gasteiger partial charge in [-0.25, -0.2) is 0 Å². The summed E-state index contributed by atoms with van der Waals surface area (Å²) in [6, 6.07) is 0. The van der Waals surface area contributed by atoms with Crippen LogP contribution in [0.25, 0.3) is 0 Å². The van der Waals surface area contributed by atoms with Gasteiger partial charge in [-0.2, -0.15) is 0 Å². The van der Waals surface area contributed by atoms with E-state index in [4.69, 9.17) is 0 Å². The van der Waals surface area contributed by atoms with Crippen molar-refractivity contribution in [3.05, 3.63) is 23.3 Å². The molecule has 0 aromatic heterocycles. The van der Waals surface area contributed by atoms with E-state index in [2.05, 4.69) is 19.9 Å². The van der Waals surface area contributed by atoms with Crippen LogP contribution in [-0.2, 0) is 14.4 Å². The molecule has 1 aliphatic carbocycles. The third-order valence-corrected chi connectivity index (χ3v) is 5.76. The molecule has 0 aliphatic heterocycles. The van der Waals surface area contributed by atoms with Crippen LogP contribution in [0.1, 0.15) is 92.4 Å². The molecule has 3 heteroatoms. The van der Waals surface area contributed by atoms with Crippen LogP contribution in [-0.4, -0.2) is 17.3 Å². The Morgan fingerprint density at radius 3 is 2.48 bits per heavy atom. The highest BCUT2D eigenvalue weighted by Gasteiger charge is 2.29. The van der Waals surface area contributed by atoms with Crippen LogP contribution in [0.15, 0.2) is 23.3 Å². The van der Waals surface area contributed by atoms with Gasteiger partial charge in [-0.1, -0.05) is 43.9 Å². The van der Waals surface area contributed by atoms with Crippen LogP contribution >= 0.6 is 0 Å². The summed E-state index contributed by atoms with van der Waals surface area (Å²) in [6.07, 6.45) is 11.2. The lowest BCUT2D eigenvalue weighted by molar-refractivity contribution is -0.129. The summed E-state index contributed by atoms with van der Waals surface area (Å²) in [5, 5.41) is 0. The fourth-order valence-corrected chi connectivity index (χ4v) is 4.33. The summed E-state index contributed by atoms with van der Waals surface area (Å²) in [5.41, 5.74) is 2.50. The first-order valence-corrected chi connectivity index (χ1v) is 10.6. The monoisotopic (exact) mass is 374 g/mol. The van der Waals surface area contributed by atoms with Gasteiger partial charge in [-0.3, -0.25) is 14.4 Å². The van der Waals surface area contributed by atoms with Crippen molar-refractivity contribution in [2.24, 2.45) is 17.8 Å². The smallest absolute Gasteiger partial charge is 0.155 e. The molecular weight excluding hydrogens is 336 g/mol. The van der Waals surface area contributed by atoms with Crippen molar-refractivity contribution < 1.29 is 14.4 Å². The van der Waals surface area contributed by atoms with Gasteiger partial charge >= 0.3 is 0 Å². The number of carbonyl (C=O) groups is 3. The molecule has 0 spiro atoms. The van der Waals surface area contributed by atoms with Gasteiger partial charge in [-0.15, -0.1) is 0 Å². The quantitative estimate of drug-likeness (QED) is 0.366. The molecule has 0 aromatic rings. The molecule has 0 N–H and O–H groups in total. The van der Waals surface area contributed by atoms with Gasteiger partial charge in [0, 0.05) is 12.3 Å². The molecule has 0 amide bonds. The Bertz CT molecular complexity index is 582. The normalized spacial score (nSPS) is 24.9. The summed E-state index contributed by atoms with van der Waals surface area (Å²) in [7, 11) is 0. The largest absolute Gasteiger partial charge is 0.300 e. The lowest BCUT2D eigenvalue weighted by Gasteiger charge is -2.29. The zero-order chi connectivity index (χ0) is 20.4. The second kappa shape index (κ2) is 12.0. The first-order chi connectivity index (χ1) is 12.8. The molecule has 3 unspecified atom stereocenters. The molecule has 0 fully saturated rings. The van der Waals surface area contributed by atoms with Crippen molar-refractivity contribution in [2.45, 2.75) is 92.4 Å². The zero-order valence-corrected chi connectivity index (χ0v) is 18.0. The topological polar surface area (TPSA) is 51.2 Å². The number of hydrogen-bond acceptors (Lipinski definition) is 3. The molecule has 3 atom stereocenters. The fourth-order valence-electron chi connectivity index (χ4n) is 4.33. The highest BCUT2D eigenvalue weighted by atomic mass is 16.1. The Kier molecular flexibility index (Phi) is 10.5. The minimum Gasteiger partial charge on any atom is -0.300 e. The highest BCUT2D eigenvalue weighted by Crippen LogP contribution is 2.33. The number of Topliss-reactive ketones (excluding diaryl/α,β-unsaturated/α-hetero) is 2. The third kappa shape index (κ3) is 8.81. The van der Waals surface area contributed by atoms with Gasteiger partial charge in [0.1, 0.15) is 11.6 Å². The summed E-state index contributed by atoms with van der Waals surface area (Å²) < 4.78 is 0. The van der Waals surface area contributed by atoms with Crippen molar-refractivity contribution in [1.29, 1.82) is 0 Å². The van der Waals surface area contributed by atoms with Crippen LogP contribution in [0.4, 0.5) is 0 Å². The first kappa shape index (κ1) is 23.5. The van der Waals surface area contributed by atoms with Gasteiger partial charge < -0.3 is 0 Å². The number of rotatable bonds is 9. The van der Waals surface area contributed by atoms with Crippen molar-refractivity contribution in [1.82, 2.24) is 0 Å². The highest BCUT2D eigenvalue weighted by molar-refractivity contribution is 5.99. The van der Waals surface area contributed by atoms with E-state index in [0.717, 1.165) is 50.5 Å². The Morgan fingerprint density at radius 1 is 1.19 bits per heavy atom. The lowest BCUT2D eigenvalue weighted by Crippen LogP contribution is -2.27. The number of hydrogen-bond donors (Lipinski definition) is 0. The Labute approximate surface area is 165 Å². The maximum atomic E-state index is 12.6. The maximum absolute atomic E-state index is 12.6. The molecular formula is C24H38O3. The average Bonchev–Trinajstić information content (AvgIpc) is 2.57. The van der Waals surface area contributed by atoms with Crippen molar-refractivity contribution in [3.8, 4) is 0 Å². The van der Waals surface area contributed by atoms with Gasteiger partial charge in [-0.05, 0) is 70.8 Å². The molecule has 0 bridgehead atoms. The molecule has 3 nitrogen and oxygen atoms in total. The maximum Gasteiger partial charge on any atom is 0.155 e. The summed E-state index contributed by atoms with van der Waals surface area (Å²) in [5.74, 6) is 0.753. The first-order valence-electron chi connectivity index (χ1n) is 10.6. The minimum absolute atomic E-state index is 0.0477. The average molecular weight is 375 g/mol.